The number of aryl methyl sites for hydroxylation is 1. The van der Waals surface area contributed by atoms with Gasteiger partial charge in [-0.15, -0.1) is 11.3 Å². The number of nitrogens with one attached hydrogen (secondary N) is 1. The van der Waals surface area contributed by atoms with Crippen LogP contribution in [-0.2, 0) is 25.4 Å². The zero-order valence-electron chi connectivity index (χ0n) is 14.5. The zero-order valence-corrected chi connectivity index (χ0v) is 15.3. The number of thiazole rings is 1. The molecule has 0 bridgehead atoms. The van der Waals surface area contributed by atoms with E-state index in [-0.39, 0.29) is 11.4 Å². The van der Waals surface area contributed by atoms with Crippen LogP contribution in [0, 0.1) is 0 Å². The first-order valence-corrected chi connectivity index (χ1v) is 8.55. The van der Waals surface area contributed by atoms with Crippen LogP contribution in [0.5, 0.6) is 0 Å². The highest BCUT2D eigenvalue weighted by Gasteiger charge is 2.17. The summed E-state index contributed by atoms with van der Waals surface area (Å²) in [5.41, 5.74) is 2.19. The average Bonchev–Trinajstić information content (AvgIpc) is 3.07. The number of hydrogen-bond donors (Lipinski definition) is 1. The highest BCUT2D eigenvalue weighted by atomic mass is 32.1. The molecule has 0 aromatic carbocycles. The van der Waals surface area contributed by atoms with Crippen molar-refractivity contribution in [1.29, 1.82) is 0 Å². The lowest BCUT2D eigenvalue weighted by Crippen LogP contribution is -2.37. The third-order valence-corrected chi connectivity index (χ3v) is 4.37. The van der Waals surface area contributed by atoms with Crippen LogP contribution in [0.25, 0.3) is 0 Å². The summed E-state index contributed by atoms with van der Waals surface area (Å²) in [6.45, 7) is 7.60. The number of nitrogens with zero attached hydrogens (tertiary/aromatic N) is 4. The lowest BCUT2D eigenvalue weighted by atomic mass is 9.93. The zero-order chi connectivity index (χ0) is 17.0. The lowest BCUT2D eigenvalue weighted by Gasteiger charge is -2.17. The Morgan fingerprint density at radius 1 is 1.43 bits per heavy atom. The van der Waals surface area contributed by atoms with Crippen molar-refractivity contribution in [2.45, 2.75) is 39.2 Å². The Kier molecular flexibility index (Phi) is 5.41. The largest absolute Gasteiger partial charge is 0.338 e. The normalized spacial score (nSPS) is 11.5. The van der Waals surface area contributed by atoms with Crippen LogP contribution in [0.4, 0.5) is 4.79 Å². The molecule has 2 heterocycles. The molecule has 126 valence electrons. The topological polar surface area (TPSA) is 63.1 Å². The maximum atomic E-state index is 12.1. The van der Waals surface area contributed by atoms with Gasteiger partial charge in [0.1, 0.15) is 0 Å². The molecule has 0 unspecified atom stereocenters. The van der Waals surface area contributed by atoms with Crippen LogP contribution in [-0.4, -0.2) is 39.3 Å². The molecule has 0 aliphatic heterocycles. The van der Waals surface area contributed by atoms with Crippen LogP contribution in [0.1, 0.15) is 37.0 Å². The Morgan fingerprint density at radius 3 is 2.74 bits per heavy atom. The smallest absolute Gasteiger partial charge is 0.317 e. The molecule has 2 aromatic heterocycles. The second kappa shape index (κ2) is 7.12. The Balaban J connectivity index is 1.77. The summed E-state index contributed by atoms with van der Waals surface area (Å²) < 4.78 is 1.73. The summed E-state index contributed by atoms with van der Waals surface area (Å²) in [6.07, 6.45) is 4.44. The highest BCUT2D eigenvalue weighted by molar-refractivity contribution is 7.09. The van der Waals surface area contributed by atoms with Gasteiger partial charge in [-0.25, -0.2) is 9.78 Å². The van der Waals surface area contributed by atoms with E-state index >= 15 is 0 Å². The maximum absolute atomic E-state index is 12.1. The van der Waals surface area contributed by atoms with Crippen LogP contribution >= 0.6 is 11.3 Å². The monoisotopic (exact) mass is 335 g/mol. The molecule has 0 aliphatic rings. The molecule has 0 saturated carbocycles. The molecule has 0 spiro atoms. The van der Waals surface area contributed by atoms with Crippen molar-refractivity contribution in [3.63, 3.8) is 0 Å². The van der Waals surface area contributed by atoms with Gasteiger partial charge in [-0.3, -0.25) is 4.68 Å². The van der Waals surface area contributed by atoms with Gasteiger partial charge in [0.05, 0.1) is 23.4 Å². The van der Waals surface area contributed by atoms with Crippen molar-refractivity contribution >= 4 is 17.4 Å². The van der Waals surface area contributed by atoms with E-state index in [0.29, 0.717) is 13.1 Å². The van der Waals surface area contributed by atoms with E-state index in [9.17, 15) is 4.79 Å². The fourth-order valence-electron chi connectivity index (χ4n) is 2.08. The van der Waals surface area contributed by atoms with Crippen molar-refractivity contribution in [2.75, 3.05) is 13.6 Å². The first kappa shape index (κ1) is 17.5. The van der Waals surface area contributed by atoms with Gasteiger partial charge in [0.2, 0.25) is 0 Å². The third-order valence-electron chi connectivity index (χ3n) is 3.46. The molecule has 23 heavy (non-hydrogen) atoms. The van der Waals surface area contributed by atoms with Crippen LogP contribution in [0.3, 0.4) is 0 Å². The molecule has 2 rings (SSSR count). The van der Waals surface area contributed by atoms with Crippen molar-refractivity contribution in [3.05, 3.63) is 34.0 Å². The minimum atomic E-state index is -0.0820. The number of aromatic nitrogens is 3. The fraction of sp³-hybridized carbons (Fsp3) is 0.562. The Bertz CT molecular complexity index is 655. The fourth-order valence-corrected chi connectivity index (χ4v) is 3.11. The molecule has 0 atom stereocenters. The van der Waals surface area contributed by atoms with Gasteiger partial charge < -0.3 is 10.2 Å². The summed E-state index contributed by atoms with van der Waals surface area (Å²) in [7, 11) is 3.65. The van der Waals surface area contributed by atoms with Crippen molar-refractivity contribution in [3.8, 4) is 0 Å². The minimum absolute atomic E-state index is 0.0714. The molecule has 0 aliphatic carbocycles. The summed E-state index contributed by atoms with van der Waals surface area (Å²) in [5.74, 6) is 0. The van der Waals surface area contributed by atoms with Gasteiger partial charge in [0, 0.05) is 49.6 Å². The molecule has 0 saturated heterocycles. The average molecular weight is 335 g/mol. The summed E-state index contributed by atoms with van der Waals surface area (Å²) in [5, 5.41) is 10.2. The summed E-state index contributed by atoms with van der Waals surface area (Å²) >= 11 is 1.65. The Morgan fingerprint density at radius 2 is 2.17 bits per heavy atom. The Hall–Kier alpha value is -1.89. The first-order valence-electron chi connectivity index (χ1n) is 7.67. The van der Waals surface area contributed by atoms with Crippen LogP contribution in [0.2, 0.25) is 0 Å². The number of carbonyl (C=O) groups excluding carboxylic acids is 1. The molecule has 0 radical (unpaired) electrons. The van der Waals surface area contributed by atoms with E-state index < -0.39 is 0 Å². The highest BCUT2D eigenvalue weighted by Crippen LogP contribution is 2.23. The molecule has 1 N–H and O–H groups in total. The van der Waals surface area contributed by atoms with Crippen molar-refractivity contribution in [2.24, 2.45) is 7.05 Å². The number of carbonyl (C=O) groups is 1. The van der Waals surface area contributed by atoms with Gasteiger partial charge in [-0.2, -0.15) is 5.10 Å². The predicted octanol–water partition coefficient (Wildman–Crippen LogP) is 2.56. The number of amides is 2. The van der Waals surface area contributed by atoms with Crippen molar-refractivity contribution in [1.82, 2.24) is 25.0 Å². The quantitative estimate of drug-likeness (QED) is 0.913. The molecule has 6 nitrogen and oxygen atoms in total. The summed E-state index contributed by atoms with van der Waals surface area (Å²) in [6, 6.07) is -0.0820. The predicted molar refractivity (Wildman–Crippen MR) is 92.6 cm³/mol. The molecule has 0 fully saturated rings. The first-order chi connectivity index (χ1) is 10.8. The second-order valence-electron chi connectivity index (χ2n) is 6.74. The second-order valence-corrected chi connectivity index (χ2v) is 7.68. The number of rotatable bonds is 5. The Labute approximate surface area is 141 Å². The van der Waals surface area contributed by atoms with Gasteiger partial charge in [-0.1, -0.05) is 20.8 Å². The molecular weight excluding hydrogens is 310 g/mol. The molecule has 7 heteroatoms. The van der Waals surface area contributed by atoms with Gasteiger partial charge in [0.25, 0.3) is 0 Å². The SMILES string of the molecule is CN(Cc1cnn(C)c1)C(=O)NCCc1nc(C(C)(C)C)cs1. The van der Waals surface area contributed by atoms with E-state index in [1.54, 1.807) is 34.2 Å². The van der Waals surface area contributed by atoms with E-state index in [0.717, 1.165) is 22.7 Å². The third kappa shape index (κ3) is 5.06. The van der Waals surface area contributed by atoms with Gasteiger partial charge in [0.15, 0.2) is 0 Å². The number of urea groups is 1. The standard InChI is InChI=1S/C16H25N5OS/c1-16(2,3)13-11-23-14(19-13)6-7-17-15(22)20(4)9-12-8-18-21(5)10-12/h8,10-11H,6-7,9H2,1-5H3,(H,17,22). The van der Waals surface area contributed by atoms with E-state index in [1.165, 1.54) is 0 Å². The minimum Gasteiger partial charge on any atom is -0.338 e. The molecular formula is C16H25N5OS. The van der Waals surface area contributed by atoms with Gasteiger partial charge in [-0.05, 0) is 0 Å². The van der Waals surface area contributed by atoms with Crippen molar-refractivity contribution < 1.29 is 4.79 Å². The van der Waals surface area contributed by atoms with E-state index in [4.69, 9.17) is 0 Å². The van der Waals surface area contributed by atoms with E-state index in [2.05, 4.69) is 41.6 Å². The van der Waals surface area contributed by atoms with Crippen LogP contribution < -0.4 is 5.32 Å². The summed E-state index contributed by atoms with van der Waals surface area (Å²) in [4.78, 5) is 18.4. The lowest BCUT2D eigenvalue weighted by molar-refractivity contribution is 0.207. The maximum Gasteiger partial charge on any atom is 0.317 e. The molecule has 2 amide bonds. The number of hydrogen-bond acceptors (Lipinski definition) is 4. The van der Waals surface area contributed by atoms with E-state index in [1.807, 2.05) is 13.2 Å². The van der Waals surface area contributed by atoms with Gasteiger partial charge >= 0.3 is 6.03 Å². The van der Waals surface area contributed by atoms with Crippen LogP contribution in [0.15, 0.2) is 17.8 Å². The molecule has 2 aromatic rings.